The van der Waals surface area contributed by atoms with Gasteiger partial charge in [-0.05, 0) is 18.1 Å². The fourth-order valence-corrected chi connectivity index (χ4v) is 3.01. The minimum atomic E-state index is -0.401. The molecular formula is C15H21N3OS. The predicted molar refractivity (Wildman–Crippen MR) is 87.2 cm³/mol. The number of amides is 1. The van der Waals surface area contributed by atoms with Gasteiger partial charge in [0.15, 0.2) is 0 Å². The van der Waals surface area contributed by atoms with E-state index in [2.05, 4.69) is 4.90 Å². The Balaban J connectivity index is 2.37. The van der Waals surface area contributed by atoms with Gasteiger partial charge in [-0.15, -0.1) is 0 Å². The number of fused-ring (bicyclic) bond motifs is 1. The first-order chi connectivity index (χ1) is 9.43. The van der Waals surface area contributed by atoms with Gasteiger partial charge in [-0.3, -0.25) is 4.79 Å². The van der Waals surface area contributed by atoms with Crippen LogP contribution in [0.25, 0.3) is 0 Å². The highest BCUT2D eigenvalue weighted by molar-refractivity contribution is 7.80. The molecule has 1 aliphatic rings. The molecule has 0 aromatic heterocycles. The van der Waals surface area contributed by atoms with E-state index in [9.17, 15) is 4.79 Å². The van der Waals surface area contributed by atoms with E-state index in [1.54, 1.807) is 0 Å². The highest BCUT2D eigenvalue weighted by atomic mass is 32.1. The number of rotatable bonds is 3. The molecule has 1 atom stereocenters. The first kappa shape index (κ1) is 14.8. The van der Waals surface area contributed by atoms with Crippen LogP contribution in [0.1, 0.15) is 13.8 Å². The number of nitrogens with two attached hydrogens (primary N) is 1. The van der Waals surface area contributed by atoms with Crippen LogP contribution in [0.4, 0.5) is 11.4 Å². The molecule has 1 unspecified atom stereocenters. The molecule has 0 fully saturated rings. The van der Waals surface area contributed by atoms with Crippen molar-refractivity contribution < 1.29 is 4.79 Å². The summed E-state index contributed by atoms with van der Waals surface area (Å²) in [6.07, 6.45) is 0. The van der Waals surface area contributed by atoms with E-state index >= 15 is 0 Å². The van der Waals surface area contributed by atoms with Gasteiger partial charge in [-0.2, -0.15) is 0 Å². The molecule has 0 bridgehead atoms. The second-order valence-electron chi connectivity index (χ2n) is 5.52. The van der Waals surface area contributed by atoms with Crippen molar-refractivity contribution in [2.75, 3.05) is 29.9 Å². The smallest absolute Gasteiger partial charge is 0.237 e. The molecule has 1 aromatic rings. The van der Waals surface area contributed by atoms with Crippen LogP contribution < -0.4 is 15.5 Å². The summed E-state index contributed by atoms with van der Waals surface area (Å²) < 4.78 is 0. The Morgan fingerprint density at radius 2 is 1.85 bits per heavy atom. The molecule has 0 saturated heterocycles. The Labute approximate surface area is 125 Å². The molecule has 5 heteroatoms. The minimum absolute atomic E-state index is 0.00745. The maximum absolute atomic E-state index is 12.8. The molecule has 0 aliphatic carbocycles. The van der Waals surface area contributed by atoms with E-state index in [0.717, 1.165) is 17.9 Å². The first-order valence-corrected chi connectivity index (χ1v) is 7.25. The van der Waals surface area contributed by atoms with Crippen LogP contribution in [0.3, 0.4) is 0 Å². The fraction of sp³-hybridized carbons (Fsp3) is 0.467. The molecule has 2 rings (SSSR count). The molecule has 20 heavy (non-hydrogen) atoms. The second-order valence-corrected chi connectivity index (χ2v) is 6.00. The average Bonchev–Trinajstić information content (AvgIpc) is 2.38. The van der Waals surface area contributed by atoms with Crippen LogP contribution in [0.2, 0.25) is 0 Å². The summed E-state index contributed by atoms with van der Waals surface area (Å²) in [6.45, 7) is 5.43. The minimum Gasteiger partial charge on any atom is -0.393 e. The molecular weight excluding hydrogens is 270 g/mol. The number of hydrogen-bond acceptors (Lipinski definition) is 3. The number of likely N-dealkylation sites (N-methyl/N-ethyl adjacent to an activating group) is 1. The van der Waals surface area contributed by atoms with Gasteiger partial charge in [-0.25, -0.2) is 0 Å². The number of nitrogens with zero attached hydrogens (tertiary/aromatic N) is 2. The summed E-state index contributed by atoms with van der Waals surface area (Å²) in [6, 6.07) is 7.93. The maximum atomic E-state index is 12.8. The average molecular weight is 291 g/mol. The predicted octanol–water partition coefficient (Wildman–Crippen LogP) is 2.03. The SMILES string of the molecule is CC(C)C(C(=O)N1CCN(C)c2ccccc21)C(N)=S. The van der Waals surface area contributed by atoms with Gasteiger partial charge < -0.3 is 15.5 Å². The van der Waals surface area contributed by atoms with Gasteiger partial charge in [0, 0.05) is 20.1 Å². The van der Waals surface area contributed by atoms with Crippen molar-refractivity contribution in [3.05, 3.63) is 24.3 Å². The van der Waals surface area contributed by atoms with Gasteiger partial charge >= 0.3 is 0 Å². The molecule has 0 spiro atoms. The molecule has 0 radical (unpaired) electrons. The maximum Gasteiger partial charge on any atom is 0.237 e. The lowest BCUT2D eigenvalue weighted by atomic mass is 9.93. The number of thiocarbonyl (C=S) groups is 1. The van der Waals surface area contributed by atoms with E-state index < -0.39 is 5.92 Å². The highest BCUT2D eigenvalue weighted by Gasteiger charge is 2.33. The van der Waals surface area contributed by atoms with Gasteiger partial charge in [0.25, 0.3) is 0 Å². The third kappa shape index (κ3) is 2.63. The lowest BCUT2D eigenvalue weighted by Crippen LogP contribution is -2.48. The van der Waals surface area contributed by atoms with Crippen LogP contribution in [0.15, 0.2) is 24.3 Å². The van der Waals surface area contributed by atoms with Crippen molar-refractivity contribution in [2.45, 2.75) is 13.8 Å². The van der Waals surface area contributed by atoms with E-state index in [0.29, 0.717) is 6.54 Å². The van der Waals surface area contributed by atoms with E-state index in [4.69, 9.17) is 18.0 Å². The number of hydrogen-bond donors (Lipinski definition) is 1. The van der Waals surface area contributed by atoms with Gasteiger partial charge in [-0.1, -0.05) is 38.2 Å². The quantitative estimate of drug-likeness (QED) is 0.866. The molecule has 1 aromatic carbocycles. The number of carbonyl (C=O) groups excluding carboxylic acids is 1. The van der Waals surface area contributed by atoms with Crippen LogP contribution in [-0.4, -0.2) is 31.0 Å². The van der Waals surface area contributed by atoms with Gasteiger partial charge in [0.05, 0.1) is 22.3 Å². The van der Waals surface area contributed by atoms with Crippen molar-refractivity contribution in [1.82, 2.24) is 0 Å². The number of carbonyl (C=O) groups is 1. The lowest BCUT2D eigenvalue weighted by Gasteiger charge is -2.37. The summed E-state index contributed by atoms with van der Waals surface area (Å²) in [5, 5.41) is 0. The Hall–Kier alpha value is -1.62. The van der Waals surface area contributed by atoms with Crippen molar-refractivity contribution >= 4 is 34.5 Å². The summed E-state index contributed by atoms with van der Waals surface area (Å²) in [7, 11) is 2.04. The third-order valence-corrected chi connectivity index (χ3v) is 4.00. The Kier molecular flexibility index (Phi) is 4.28. The normalized spacial score (nSPS) is 16.0. The van der Waals surface area contributed by atoms with E-state index in [1.807, 2.05) is 50.1 Å². The standard InChI is InChI=1S/C15H21N3OS/c1-10(2)13(14(16)20)15(19)18-9-8-17(3)11-6-4-5-7-12(11)18/h4-7,10,13H,8-9H2,1-3H3,(H2,16,20). The zero-order valence-electron chi connectivity index (χ0n) is 12.2. The fourth-order valence-electron chi connectivity index (χ4n) is 2.64. The molecule has 108 valence electrons. The second kappa shape index (κ2) is 5.79. The zero-order valence-corrected chi connectivity index (χ0v) is 13.0. The lowest BCUT2D eigenvalue weighted by molar-refractivity contribution is -0.121. The molecule has 4 nitrogen and oxygen atoms in total. The monoisotopic (exact) mass is 291 g/mol. The topological polar surface area (TPSA) is 49.6 Å². The zero-order chi connectivity index (χ0) is 14.9. The van der Waals surface area contributed by atoms with E-state index in [1.165, 1.54) is 0 Å². The molecule has 1 aliphatic heterocycles. The van der Waals surface area contributed by atoms with Gasteiger partial charge in [0.2, 0.25) is 5.91 Å². The van der Waals surface area contributed by atoms with Crippen LogP contribution >= 0.6 is 12.2 Å². The molecule has 0 saturated carbocycles. The summed E-state index contributed by atoms with van der Waals surface area (Å²) in [5.41, 5.74) is 7.77. The van der Waals surface area contributed by atoms with Crippen molar-refractivity contribution in [1.29, 1.82) is 0 Å². The van der Waals surface area contributed by atoms with Crippen molar-refractivity contribution in [3.8, 4) is 0 Å². The van der Waals surface area contributed by atoms with Crippen LogP contribution in [-0.2, 0) is 4.79 Å². The Morgan fingerprint density at radius 3 is 2.40 bits per heavy atom. The van der Waals surface area contributed by atoms with Crippen LogP contribution in [0.5, 0.6) is 0 Å². The Bertz CT molecular complexity index is 530. The van der Waals surface area contributed by atoms with Gasteiger partial charge in [0.1, 0.15) is 0 Å². The third-order valence-electron chi connectivity index (χ3n) is 3.75. The summed E-state index contributed by atoms with van der Waals surface area (Å²) in [5.74, 6) is -0.290. The highest BCUT2D eigenvalue weighted by Crippen LogP contribution is 2.33. The molecule has 1 heterocycles. The first-order valence-electron chi connectivity index (χ1n) is 6.84. The van der Waals surface area contributed by atoms with Crippen LogP contribution in [0, 0.1) is 11.8 Å². The Morgan fingerprint density at radius 1 is 1.25 bits per heavy atom. The number of benzene rings is 1. The van der Waals surface area contributed by atoms with Crippen molar-refractivity contribution in [3.63, 3.8) is 0 Å². The van der Waals surface area contributed by atoms with E-state index in [-0.39, 0.29) is 16.8 Å². The molecule has 1 amide bonds. The number of para-hydroxylation sites is 2. The molecule has 2 N–H and O–H groups in total. The largest absolute Gasteiger partial charge is 0.393 e. The van der Waals surface area contributed by atoms with Crippen molar-refractivity contribution in [2.24, 2.45) is 17.6 Å². The summed E-state index contributed by atoms with van der Waals surface area (Å²) in [4.78, 5) is 17.0. The number of anilines is 2. The summed E-state index contributed by atoms with van der Waals surface area (Å²) >= 11 is 5.08.